The highest BCUT2D eigenvalue weighted by atomic mass is 35.5. The number of nitrogens with one attached hydrogen (secondary N) is 1. The van der Waals surface area contributed by atoms with Crippen LogP contribution in [-0.2, 0) is 25.9 Å². The number of aromatic nitrogens is 3. The molecule has 2 aromatic carbocycles. The molecule has 154 valence electrons. The molecule has 31 heavy (non-hydrogen) atoms. The second-order valence-electron chi connectivity index (χ2n) is 7.81. The van der Waals surface area contributed by atoms with Crippen molar-refractivity contribution in [2.24, 2.45) is 4.99 Å². The average molecular weight is 446 g/mol. The third-order valence-electron chi connectivity index (χ3n) is 5.85. The molecule has 0 bridgehead atoms. The molecule has 0 saturated carbocycles. The first-order chi connectivity index (χ1) is 15.3. The van der Waals surface area contributed by atoms with Gasteiger partial charge in [-0.05, 0) is 36.2 Å². The van der Waals surface area contributed by atoms with E-state index in [4.69, 9.17) is 16.6 Å². The Kier molecular flexibility index (Phi) is 4.71. The molecule has 0 saturated heterocycles. The van der Waals surface area contributed by atoms with Crippen LogP contribution in [0.15, 0.2) is 59.6 Å². The standard InChI is InChI=1S/C24H20ClN5S/c25-17-8-6-16(7-9-17)23-22-18-10-11-26-13-19(18)31-24(22)30-20(28-29-21(30)14-27-23)12-15-4-2-1-3-5-15/h1-9,26H,10-14H2. The van der Waals surface area contributed by atoms with Gasteiger partial charge in [-0.15, -0.1) is 21.5 Å². The summed E-state index contributed by atoms with van der Waals surface area (Å²) in [4.78, 5) is 6.42. The van der Waals surface area contributed by atoms with Gasteiger partial charge in [0.15, 0.2) is 5.82 Å². The van der Waals surface area contributed by atoms with E-state index in [1.807, 2.05) is 29.5 Å². The molecule has 0 unspecified atom stereocenters. The van der Waals surface area contributed by atoms with Gasteiger partial charge in [0.25, 0.3) is 0 Å². The van der Waals surface area contributed by atoms with E-state index in [0.717, 1.165) is 53.9 Å². The van der Waals surface area contributed by atoms with E-state index in [1.165, 1.54) is 26.6 Å². The fourth-order valence-electron chi connectivity index (χ4n) is 4.38. The molecule has 0 aliphatic carbocycles. The first kappa shape index (κ1) is 18.9. The quantitative estimate of drug-likeness (QED) is 0.502. The van der Waals surface area contributed by atoms with Crippen LogP contribution in [0.25, 0.3) is 5.00 Å². The molecule has 7 heteroatoms. The number of benzene rings is 2. The minimum Gasteiger partial charge on any atom is -0.312 e. The zero-order chi connectivity index (χ0) is 20.8. The van der Waals surface area contributed by atoms with Gasteiger partial charge in [0, 0.05) is 34.0 Å². The van der Waals surface area contributed by atoms with E-state index in [2.05, 4.69) is 56.5 Å². The van der Waals surface area contributed by atoms with Crippen LogP contribution < -0.4 is 5.32 Å². The smallest absolute Gasteiger partial charge is 0.160 e. The molecule has 4 heterocycles. The second-order valence-corrected chi connectivity index (χ2v) is 9.33. The van der Waals surface area contributed by atoms with Crippen molar-refractivity contribution >= 4 is 28.6 Å². The molecule has 4 aromatic rings. The summed E-state index contributed by atoms with van der Waals surface area (Å²) < 4.78 is 2.25. The van der Waals surface area contributed by atoms with Gasteiger partial charge in [-0.25, -0.2) is 0 Å². The Morgan fingerprint density at radius 2 is 1.87 bits per heavy atom. The highest BCUT2D eigenvalue weighted by molar-refractivity contribution is 7.15. The maximum atomic E-state index is 6.16. The van der Waals surface area contributed by atoms with E-state index < -0.39 is 0 Å². The average Bonchev–Trinajstić information content (AvgIpc) is 3.32. The van der Waals surface area contributed by atoms with Crippen molar-refractivity contribution in [3.63, 3.8) is 0 Å². The zero-order valence-electron chi connectivity index (χ0n) is 16.8. The normalized spacial score (nSPS) is 14.9. The predicted octanol–water partition coefficient (Wildman–Crippen LogP) is 4.57. The van der Waals surface area contributed by atoms with Crippen molar-refractivity contribution in [3.05, 3.63) is 98.4 Å². The first-order valence-corrected chi connectivity index (χ1v) is 11.6. The number of rotatable bonds is 3. The topological polar surface area (TPSA) is 55.1 Å². The fourth-order valence-corrected chi connectivity index (χ4v) is 5.86. The molecule has 0 fully saturated rings. The van der Waals surface area contributed by atoms with E-state index >= 15 is 0 Å². The monoisotopic (exact) mass is 445 g/mol. The number of nitrogens with zero attached hydrogens (tertiary/aromatic N) is 4. The molecule has 6 rings (SSSR count). The van der Waals surface area contributed by atoms with Crippen molar-refractivity contribution in [2.75, 3.05) is 6.54 Å². The molecule has 0 amide bonds. The molecule has 0 radical (unpaired) electrons. The SMILES string of the molecule is Clc1ccc(C2=NCc3nnc(Cc4ccccc4)n3-c3sc4c(c32)CCNC4)cc1. The summed E-state index contributed by atoms with van der Waals surface area (Å²) in [5.41, 5.74) is 5.98. The van der Waals surface area contributed by atoms with Crippen molar-refractivity contribution in [3.8, 4) is 5.00 Å². The highest BCUT2D eigenvalue weighted by Crippen LogP contribution is 2.38. The lowest BCUT2D eigenvalue weighted by Crippen LogP contribution is -2.23. The number of fused-ring (bicyclic) bond motifs is 5. The van der Waals surface area contributed by atoms with Crippen LogP contribution in [0.3, 0.4) is 0 Å². The molecular formula is C24H20ClN5S. The summed E-state index contributed by atoms with van der Waals surface area (Å²) in [6.07, 6.45) is 1.74. The Morgan fingerprint density at radius 3 is 2.71 bits per heavy atom. The third-order valence-corrected chi connectivity index (χ3v) is 7.32. The summed E-state index contributed by atoms with van der Waals surface area (Å²) in [7, 11) is 0. The van der Waals surface area contributed by atoms with Crippen molar-refractivity contribution in [1.29, 1.82) is 0 Å². The maximum Gasteiger partial charge on any atom is 0.160 e. The Balaban J connectivity index is 1.54. The van der Waals surface area contributed by atoms with Crippen LogP contribution >= 0.6 is 22.9 Å². The molecule has 5 nitrogen and oxygen atoms in total. The summed E-state index contributed by atoms with van der Waals surface area (Å²) in [5, 5.41) is 14.5. The first-order valence-electron chi connectivity index (χ1n) is 10.4. The second kappa shape index (κ2) is 7.71. The molecule has 2 aliphatic heterocycles. The van der Waals surface area contributed by atoms with Crippen molar-refractivity contribution in [1.82, 2.24) is 20.1 Å². The van der Waals surface area contributed by atoms with Gasteiger partial charge in [0.1, 0.15) is 17.4 Å². The largest absolute Gasteiger partial charge is 0.312 e. The highest BCUT2D eigenvalue weighted by Gasteiger charge is 2.30. The summed E-state index contributed by atoms with van der Waals surface area (Å²) in [6.45, 7) is 2.39. The Hall–Kier alpha value is -2.80. The minimum atomic E-state index is 0.508. The van der Waals surface area contributed by atoms with Gasteiger partial charge in [0.2, 0.25) is 0 Å². The lowest BCUT2D eigenvalue weighted by molar-refractivity contribution is 0.654. The number of hydrogen-bond donors (Lipinski definition) is 1. The van der Waals surface area contributed by atoms with Crippen LogP contribution in [0.1, 0.15) is 38.8 Å². The zero-order valence-corrected chi connectivity index (χ0v) is 18.4. The van der Waals surface area contributed by atoms with Crippen LogP contribution in [0.4, 0.5) is 0 Å². The van der Waals surface area contributed by atoms with Gasteiger partial charge in [-0.3, -0.25) is 9.56 Å². The van der Waals surface area contributed by atoms with E-state index in [1.54, 1.807) is 0 Å². The molecule has 0 spiro atoms. The van der Waals surface area contributed by atoms with E-state index in [-0.39, 0.29) is 0 Å². The van der Waals surface area contributed by atoms with Gasteiger partial charge in [0.05, 0.1) is 5.71 Å². The number of halogens is 1. The molecule has 2 aliphatic rings. The van der Waals surface area contributed by atoms with Crippen molar-refractivity contribution < 1.29 is 0 Å². The van der Waals surface area contributed by atoms with Crippen LogP contribution in [0.2, 0.25) is 5.02 Å². The predicted molar refractivity (Wildman–Crippen MR) is 125 cm³/mol. The van der Waals surface area contributed by atoms with Crippen LogP contribution in [0.5, 0.6) is 0 Å². The molecule has 2 aromatic heterocycles. The summed E-state index contributed by atoms with van der Waals surface area (Å²) in [5.74, 6) is 1.85. The Labute approximate surface area is 189 Å². The fraction of sp³-hybridized carbons (Fsp3) is 0.208. The van der Waals surface area contributed by atoms with Gasteiger partial charge in [-0.1, -0.05) is 54.1 Å². The van der Waals surface area contributed by atoms with Gasteiger partial charge < -0.3 is 5.32 Å². The van der Waals surface area contributed by atoms with Crippen molar-refractivity contribution in [2.45, 2.75) is 25.9 Å². The third kappa shape index (κ3) is 3.31. The summed E-state index contributed by atoms with van der Waals surface area (Å²) in [6, 6.07) is 18.4. The lowest BCUT2D eigenvalue weighted by Gasteiger charge is -2.15. The molecular weight excluding hydrogens is 426 g/mol. The van der Waals surface area contributed by atoms with Crippen LogP contribution in [0, 0.1) is 0 Å². The Bertz CT molecular complexity index is 1290. The number of aliphatic imine (C=N–C) groups is 1. The molecule has 0 atom stereocenters. The van der Waals surface area contributed by atoms with E-state index in [9.17, 15) is 0 Å². The Morgan fingerprint density at radius 1 is 1.03 bits per heavy atom. The maximum absolute atomic E-state index is 6.16. The van der Waals surface area contributed by atoms with Gasteiger partial charge >= 0.3 is 0 Å². The minimum absolute atomic E-state index is 0.508. The lowest BCUT2D eigenvalue weighted by atomic mass is 9.96. The molecule has 1 N–H and O–H groups in total. The summed E-state index contributed by atoms with van der Waals surface area (Å²) >= 11 is 8.00. The van der Waals surface area contributed by atoms with E-state index in [0.29, 0.717) is 6.54 Å². The number of hydrogen-bond acceptors (Lipinski definition) is 5. The van der Waals surface area contributed by atoms with Gasteiger partial charge in [-0.2, -0.15) is 0 Å². The van der Waals surface area contributed by atoms with Crippen LogP contribution in [-0.4, -0.2) is 27.0 Å². The number of thiophene rings is 1.